The van der Waals surface area contributed by atoms with E-state index in [0.29, 0.717) is 0 Å². The molecule has 0 atom stereocenters. The van der Waals surface area contributed by atoms with Crippen LogP contribution >= 0.6 is 0 Å². The van der Waals surface area contributed by atoms with Crippen LogP contribution in [-0.4, -0.2) is 49.0 Å². The zero-order valence-corrected chi connectivity index (χ0v) is 15.7. The molecule has 0 aromatic heterocycles. The first-order valence-electron chi connectivity index (χ1n) is 9.12. The monoisotopic (exact) mass is 311 g/mol. The molecule has 1 saturated heterocycles. The van der Waals surface area contributed by atoms with Gasteiger partial charge in [-0.15, -0.1) is 0 Å². The van der Waals surface area contributed by atoms with Crippen LogP contribution in [0.3, 0.4) is 0 Å². The van der Waals surface area contributed by atoms with Crippen molar-refractivity contribution in [3.8, 4) is 0 Å². The van der Waals surface area contributed by atoms with E-state index in [2.05, 4.69) is 46.4 Å². The van der Waals surface area contributed by atoms with E-state index in [1.807, 2.05) is 0 Å². The van der Waals surface area contributed by atoms with Crippen LogP contribution in [0.2, 0.25) is 0 Å². The van der Waals surface area contributed by atoms with Crippen LogP contribution in [0.4, 0.5) is 0 Å². The molecular weight excluding hydrogens is 274 g/mol. The van der Waals surface area contributed by atoms with Crippen LogP contribution in [-0.2, 0) is 9.47 Å². The number of piperidine rings is 1. The van der Waals surface area contributed by atoms with Gasteiger partial charge in [-0.3, -0.25) is 0 Å². The van der Waals surface area contributed by atoms with Crippen molar-refractivity contribution in [1.82, 2.24) is 4.90 Å². The molecule has 0 bridgehead atoms. The van der Waals surface area contributed by atoms with Crippen molar-refractivity contribution in [2.24, 2.45) is 11.3 Å². The number of hydrogen-bond acceptors (Lipinski definition) is 3. The smallest absolute Gasteiger partial charge is 0.0732 e. The maximum atomic E-state index is 6.36. The van der Waals surface area contributed by atoms with Crippen molar-refractivity contribution in [3.63, 3.8) is 0 Å². The average molecular weight is 312 g/mol. The highest BCUT2D eigenvalue weighted by Crippen LogP contribution is 2.53. The summed E-state index contributed by atoms with van der Waals surface area (Å²) in [6.45, 7) is 18.6. The largest absolute Gasteiger partial charge is 0.375 e. The number of rotatable bonds is 6. The normalized spacial score (nSPS) is 23.7. The number of nitrogens with zero attached hydrogens (tertiary/aromatic N) is 1. The lowest BCUT2D eigenvalue weighted by atomic mass is 9.86. The summed E-state index contributed by atoms with van der Waals surface area (Å²) < 4.78 is 12.2. The molecule has 0 radical (unpaired) electrons. The maximum absolute atomic E-state index is 6.36. The molecule has 3 nitrogen and oxygen atoms in total. The Bertz CT molecular complexity index is 341. The van der Waals surface area contributed by atoms with Crippen LogP contribution in [0.15, 0.2) is 0 Å². The third-order valence-electron chi connectivity index (χ3n) is 5.32. The molecule has 0 amide bonds. The third kappa shape index (κ3) is 5.21. The fourth-order valence-electron chi connectivity index (χ4n) is 3.36. The van der Waals surface area contributed by atoms with Gasteiger partial charge in [0.1, 0.15) is 0 Å². The molecule has 22 heavy (non-hydrogen) atoms. The first kappa shape index (κ1) is 18.2. The molecule has 130 valence electrons. The van der Waals surface area contributed by atoms with Gasteiger partial charge in [0, 0.05) is 6.54 Å². The number of hydrogen-bond donors (Lipinski definition) is 0. The second-order valence-electron chi connectivity index (χ2n) is 9.30. The minimum atomic E-state index is -0.0162. The minimum absolute atomic E-state index is 0.0162. The highest BCUT2D eigenvalue weighted by Gasteiger charge is 2.53. The van der Waals surface area contributed by atoms with Gasteiger partial charge in [0.15, 0.2) is 0 Å². The van der Waals surface area contributed by atoms with E-state index in [4.69, 9.17) is 9.47 Å². The Morgan fingerprint density at radius 2 is 1.59 bits per heavy atom. The van der Waals surface area contributed by atoms with Gasteiger partial charge in [-0.1, -0.05) is 20.8 Å². The molecule has 1 saturated carbocycles. The Morgan fingerprint density at radius 3 is 2.05 bits per heavy atom. The Balaban J connectivity index is 1.62. The lowest BCUT2D eigenvalue weighted by molar-refractivity contribution is -0.0639. The van der Waals surface area contributed by atoms with E-state index < -0.39 is 0 Å². The maximum Gasteiger partial charge on any atom is 0.0732 e. The highest BCUT2D eigenvalue weighted by atomic mass is 16.5. The minimum Gasteiger partial charge on any atom is -0.375 e. The Morgan fingerprint density at radius 1 is 1.00 bits per heavy atom. The van der Waals surface area contributed by atoms with Crippen molar-refractivity contribution < 1.29 is 9.47 Å². The molecule has 0 N–H and O–H groups in total. The topological polar surface area (TPSA) is 21.7 Å². The van der Waals surface area contributed by atoms with Gasteiger partial charge < -0.3 is 14.4 Å². The highest BCUT2D eigenvalue weighted by molar-refractivity contribution is 5.04. The van der Waals surface area contributed by atoms with Crippen LogP contribution in [0.25, 0.3) is 0 Å². The van der Waals surface area contributed by atoms with Gasteiger partial charge in [-0.05, 0) is 70.9 Å². The predicted molar refractivity (Wildman–Crippen MR) is 92.2 cm³/mol. The summed E-state index contributed by atoms with van der Waals surface area (Å²) >= 11 is 0. The average Bonchev–Trinajstić information content (AvgIpc) is 3.17. The third-order valence-corrected chi connectivity index (χ3v) is 5.32. The lowest BCUT2D eigenvalue weighted by Crippen LogP contribution is -2.39. The van der Waals surface area contributed by atoms with Crippen molar-refractivity contribution in [1.29, 1.82) is 0 Å². The molecule has 0 unspecified atom stereocenters. The second-order valence-corrected chi connectivity index (χ2v) is 9.30. The predicted octanol–water partition coefficient (Wildman–Crippen LogP) is 4.11. The van der Waals surface area contributed by atoms with Crippen LogP contribution in [0.5, 0.6) is 0 Å². The van der Waals surface area contributed by atoms with Gasteiger partial charge in [0.25, 0.3) is 0 Å². The summed E-state index contributed by atoms with van der Waals surface area (Å²) in [6, 6.07) is 0. The van der Waals surface area contributed by atoms with E-state index in [1.165, 1.54) is 38.8 Å². The first-order valence-corrected chi connectivity index (χ1v) is 9.12. The molecule has 2 rings (SSSR count). The summed E-state index contributed by atoms with van der Waals surface area (Å²) in [7, 11) is 0. The molecule has 2 fully saturated rings. The fourth-order valence-corrected chi connectivity index (χ4v) is 3.36. The van der Waals surface area contributed by atoms with E-state index in [9.17, 15) is 0 Å². The number of ether oxygens (including phenoxy) is 2. The summed E-state index contributed by atoms with van der Waals surface area (Å²) in [5.74, 6) is 0.750. The zero-order valence-electron chi connectivity index (χ0n) is 15.7. The van der Waals surface area contributed by atoms with Crippen molar-refractivity contribution in [3.05, 3.63) is 0 Å². The van der Waals surface area contributed by atoms with Gasteiger partial charge >= 0.3 is 0 Å². The van der Waals surface area contributed by atoms with Crippen molar-refractivity contribution in [2.45, 2.75) is 78.4 Å². The second kappa shape index (κ2) is 6.78. The lowest BCUT2D eigenvalue weighted by Gasteiger charge is -2.36. The molecular formula is C19H37NO2. The van der Waals surface area contributed by atoms with Crippen LogP contribution in [0, 0.1) is 11.3 Å². The molecule has 1 heterocycles. The molecule has 1 aliphatic carbocycles. The summed E-state index contributed by atoms with van der Waals surface area (Å²) in [6.07, 6.45) is 5.05. The van der Waals surface area contributed by atoms with E-state index in [1.54, 1.807) is 0 Å². The molecule has 0 spiro atoms. The van der Waals surface area contributed by atoms with E-state index in [0.717, 1.165) is 25.7 Å². The summed E-state index contributed by atoms with van der Waals surface area (Å²) in [5, 5.41) is 0. The Kier molecular flexibility index (Phi) is 5.62. The molecule has 0 aromatic carbocycles. The quantitative estimate of drug-likeness (QED) is 0.737. The summed E-state index contributed by atoms with van der Waals surface area (Å²) in [4.78, 5) is 2.54. The number of likely N-dealkylation sites (tertiary alicyclic amines) is 1. The van der Waals surface area contributed by atoms with E-state index in [-0.39, 0.29) is 16.6 Å². The van der Waals surface area contributed by atoms with Gasteiger partial charge in [-0.2, -0.15) is 0 Å². The first-order chi connectivity index (χ1) is 10.1. The van der Waals surface area contributed by atoms with Crippen LogP contribution < -0.4 is 0 Å². The molecule has 2 aliphatic rings. The fraction of sp³-hybridized carbons (Fsp3) is 1.00. The SMILES string of the molecule is CC(C)(C)OCCN1CCC(COC2(C(C)(C)C)CC2)CC1. The van der Waals surface area contributed by atoms with Gasteiger partial charge in [0.2, 0.25) is 0 Å². The van der Waals surface area contributed by atoms with Crippen LogP contribution in [0.1, 0.15) is 67.2 Å². The Hall–Kier alpha value is -0.120. The van der Waals surface area contributed by atoms with Gasteiger partial charge in [0.05, 0.1) is 24.4 Å². The Labute approximate surface area is 137 Å². The molecule has 1 aliphatic heterocycles. The zero-order chi connectivity index (χ0) is 16.4. The van der Waals surface area contributed by atoms with Crippen molar-refractivity contribution >= 4 is 0 Å². The van der Waals surface area contributed by atoms with Gasteiger partial charge in [-0.25, -0.2) is 0 Å². The van der Waals surface area contributed by atoms with Crippen molar-refractivity contribution in [2.75, 3.05) is 32.8 Å². The standard InChI is InChI=1S/C19H37NO2/c1-17(2,3)19(9-10-19)22-15-16-7-11-20(12-8-16)13-14-21-18(4,5)6/h16H,7-15H2,1-6H3. The molecule has 0 aromatic rings. The molecule has 3 heteroatoms. The van der Waals surface area contributed by atoms with E-state index >= 15 is 0 Å². The summed E-state index contributed by atoms with van der Waals surface area (Å²) in [5.41, 5.74) is 0.459.